The van der Waals surface area contributed by atoms with E-state index in [-0.39, 0.29) is 24.0 Å². The van der Waals surface area contributed by atoms with Crippen LogP contribution in [0.3, 0.4) is 0 Å². The molecule has 5 rings (SSSR count). The average Bonchev–Trinajstić information content (AvgIpc) is 3.46. The number of fused-ring (bicyclic) bond motifs is 1. The van der Waals surface area contributed by atoms with Gasteiger partial charge in [0.1, 0.15) is 0 Å². The molecule has 7 nitrogen and oxygen atoms in total. The lowest BCUT2D eigenvalue weighted by Gasteiger charge is -2.31. The molecule has 0 spiro atoms. The molecule has 1 aliphatic heterocycles. The number of nitrogens with zero attached hydrogens (tertiary/aromatic N) is 2. The first-order chi connectivity index (χ1) is 15.2. The Bertz CT molecular complexity index is 1080. The van der Waals surface area contributed by atoms with E-state index >= 15 is 0 Å². The summed E-state index contributed by atoms with van der Waals surface area (Å²) < 4.78 is 0. The van der Waals surface area contributed by atoms with Crippen molar-refractivity contribution in [3.05, 3.63) is 41.7 Å². The minimum atomic E-state index is -0.0355. The molecule has 3 unspecified atom stereocenters. The Morgan fingerprint density at radius 1 is 1.13 bits per heavy atom. The van der Waals surface area contributed by atoms with Gasteiger partial charge in [0.15, 0.2) is 0 Å². The SMILES string of the molecule is O=C(NC1CCCC(Nc2ncc(Cl)c(-c3c[nH]c4ccccc34)n2)C1)C1CCCN1. The molecule has 2 aliphatic rings. The predicted molar refractivity (Wildman–Crippen MR) is 123 cm³/mol. The van der Waals surface area contributed by atoms with Crippen molar-refractivity contribution in [3.63, 3.8) is 0 Å². The lowest BCUT2D eigenvalue weighted by molar-refractivity contribution is -0.123. The maximum atomic E-state index is 12.5. The molecule has 1 saturated heterocycles. The molecular formula is C23H27ClN6O. The number of para-hydroxylation sites is 1. The monoisotopic (exact) mass is 438 g/mol. The van der Waals surface area contributed by atoms with Crippen LogP contribution in [0, 0.1) is 0 Å². The Balaban J connectivity index is 1.29. The summed E-state index contributed by atoms with van der Waals surface area (Å²) in [5.41, 5.74) is 2.72. The maximum absolute atomic E-state index is 12.5. The number of anilines is 1. The van der Waals surface area contributed by atoms with Crippen LogP contribution in [0.25, 0.3) is 22.2 Å². The van der Waals surface area contributed by atoms with Gasteiger partial charge in [-0.2, -0.15) is 0 Å². The third-order valence-corrected chi connectivity index (χ3v) is 6.60. The summed E-state index contributed by atoms with van der Waals surface area (Å²) in [5, 5.41) is 11.6. The molecule has 31 heavy (non-hydrogen) atoms. The number of carbonyl (C=O) groups excluding carboxylic acids is 1. The minimum Gasteiger partial charge on any atom is -0.360 e. The second-order valence-corrected chi connectivity index (χ2v) is 8.91. The van der Waals surface area contributed by atoms with E-state index in [1.807, 2.05) is 24.4 Å². The van der Waals surface area contributed by atoms with E-state index in [9.17, 15) is 4.79 Å². The Morgan fingerprint density at radius 2 is 2.00 bits per heavy atom. The van der Waals surface area contributed by atoms with Gasteiger partial charge in [0.05, 0.1) is 23.0 Å². The van der Waals surface area contributed by atoms with Crippen LogP contribution in [0.5, 0.6) is 0 Å². The molecule has 3 atom stereocenters. The highest BCUT2D eigenvalue weighted by atomic mass is 35.5. The number of aromatic amines is 1. The van der Waals surface area contributed by atoms with E-state index in [4.69, 9.17) is 16.6 Å². The van der Waals surface area contributed by atoms with Gasteiger partial charge in [-0.05, 0) is 51.1 Å². The van der Waals surface area contributed by atoms with Crippen molar-refractivity contribution >= 4 is 34.4 Å². The normalized spacial score (nSPS) is 23.7. The Morgan fingerprint density at radius 3 is 2.87 bits per heavy atom. The molecule has 4 N–H and O–H groups in total. The average molecular weight is 439 g/mol. The van der Waals surface area contributed by atoms with Gasteiger partial charge in [-0.25, -0.2) is 9.97 Å². The Kier molecular flexibility index (Phi) is 5.78. The highest BCUT2D eigenvalue weighted by molar-refractivity contribution is 6.33. The summed E-state index contributed by atoms with van der Waals surface area (Å²) in [6, 6.07) is 8.45. The van der Waals surface area contributed by atoms with E-state index in [2.05, 4.69) is 32.0 Å². The largest absolute Gasteiger partial charge is 0.360 e. The van der Waals surface area contributed by atoms with Crippen LogP contribution >= 0.6 is 11.6 Å². The fourth-order valence-electron chi connectivity index (χ4n) is 4.74. The third kappa shape index (κ3) is 4.38. The number of nitrogens with one attached hydrogen (secondary N) is 4. The number of hydrogen-bond donors (Lipinski definition) is 4. The van der Waals surface area contributed by atoms with Gasteiger partial charge in [-0.15, -0.1) is 0 Å². The number of aromatic nitrogens is 3. The molecule has 8 heteroatoms. The number of amides is 1. The molecule has 3 heterocycles. The number of rotatable bonds is 5. The van der Waals surface area contributed by atoms with E-state index in [0.717, 1.165) is 61.5 Å². The lowest BCUT2D eigenvalue weighted by atomic mass is 9.91. The summed E-state index contributed by atoms with van der Waals surface area (Å²) in [4.78, 5) is 24.9. The molecule has 1 amide bonds. The first kappa shape index (κ1) is 20.3. The highest BCUT2D eigenvalue weighted by Gasteiger charge is 2.28. The number of carbonyl (C=O) groups is 1. The van der Waals surface area contributed by atoms with Gasteiger partial charge in [0, 0.05) is 34.7 Å². The molecular weight excluding hydrogens is 412 g/mol. The summed E-state index contributed by atoms with van der Waals surface area (Å²) in [6.45, 7) is 0.930. The molecule has 1 saturated carbocycles. The molecule has 0 radical (unpaired) electrons. The van der Waals surface area contributed by atoms with E-state index < -0.39 is 0 Å². The van der Waals surface area contributed by atoms with Crippen LogP contribution in [0.2, 0.25) is 5.02 Å². The summed E-state index contributed by atoms with van der Waals surface area (Å²) in [7, 11) is 0. The van der Waals surface area contributed by atoms with Gasteiger partial charge in [0.25, 0.3) is 0 Å². The smallest absolute Gasteiger partial charge is 0.237 e. The topological polar surface area (TPSA) is 94.7 Å². The van der Waals surface area contributed by atoms with Gasteiger partial charge in [-0.3, -0.25) is 4.79 Å². The van der Waals surface area contributed by atoms with Crippen LogP contribution in [0.4, 0.5) is 5.95 Å². The van der Waals surface area contributed by atoms with Crippen molar-refractivity contribution in [1.29, 1.82) is 0 Å². The highest BCUT2D eigenvalue weighted by Crippen LogP contribution is 2.32. The van der Waals surface area contributed by atoms with Gasteiger partial charge < -0.3 is 20.9 Å². The zero-order valence-electron chi connectivity index (χ0n) is 17.3. The summed E-state index contributed by atoms with van der Waals surface area (Å²) in [6.07, 6.45) is 9.56. The first-order valence-electron chi connectivity index (χ1n) is 11.1. The van der Waals surface area contributed by atoms with Crippen LogP contribution < -0.4 is 16.0 Å². The van der Waals surface area contributed by atoms with Crippen LogP contribution in [-0.4, -0.2) is 45.5 Å². The summed E-state index contributed by atoms with van der Waals surface area (Å²) >= 11 is 6.45. The fraction of sp³-hybridized carbons (Fsp3) is 0.435. The van der Waals surface area contributed by atoms with E-state index in [0.29, 0.717) is 16.7 Å². The molecule has 3 aromatic rings. The standard InChI is InChI=1S/C23H27ClN6O/c24-18-13-27-23(30-21(18)17-12-26-19-8-2-1-7-16(17)19)29-15-6-3-5-14(11-15)28-22(31)20-9-4-10-25-20/h1-2,7-8,12-15,20,25-26H,3-6,9-11H2,(H,28,31)(H,27,29,30). The number of hydrogen-bond acceptors (Lipinski definition) is 5. The van der Waals surface area contributed by atoms with Crippen LogP contribution in [0.15, 0.2) is 36.7 Å². The van der Waals surface area contributed by atoms with Gasteiger partial charge in [0.2, 0.25) is 11.9 Å². The molecule has 0 bridgehead atoms. The predicted octanol–water partition coefficient (Wildman–Crippen LogP) is 3.87. The third-order valence-electron chi connectivity index (χ3n) is 6.32. The van der Waals surface area contributed by atoms with Crippen LogP contribution in [0.1, 0.15) is 38.5 Å². The van der Waals surface area contributed by atoms with E-state index in [1.165, 1.54) is 0 Å². The zero-order chi connectivity index (χ0) is 21.2. The van der Waals surface area contributed by atoms with Crippen molar-refractivity contribution in [1.82, 2.24) is 25.6 Å². The summed E-state index contributed by atoms with van der Waals surface area (Å²) in [5.74, 6) is 0.701. The fourth-order valence-corrected chi connectivity index (χ4v) is 4.93. The molecule has 162 valence electrons. The van der Waals surface area contributed by atoms with Gasteiger partial charge >= 0.3 is 0 Å². The Labute approximate surface area is 186 Å². The molecule has 2 fully saturated rings. The number of H-pyrrole nitrogens is 1. The van der Waals surface area contributed by atoms with Crippen molar-refractivity contribution < 1.29 is 4.79 Å². The van der Waals surface area contributed by atoms with Gasteiger partial charge in [-0.1, -0.05) is 29.8 Å². The number of benzene rings is 1. The molecule has 1 aromatic carbocycles. The Hall–Kier alpha value is -2.64. The lowest BCUT2D eigenvalue weighted by Crippen LogP contribution is -2.48. The van der Waals surface area contributed by atoms with Crippen LogP contribution in [-0.2, 0) is 4.79 Å². The quantitative estimate of drug-likeness (QED) is 0.485. The molecule has 2 aromatic heterocycles. The van der Waals surface area contributed by atoms with Crippen molar-refractivity contribution in [2.75, 3.05) is 11.9 Å². The number of halogens is 1. The first-order valence-corrected chi connectivity index (χ1v) is 11.4. The van der Waals surface area contributed by atoms with Crippen molar-refractivity contribution in [3.8, 4) is 11.3 Å². The van der Waals surface area contributed by atoms with Crippen molar-refractivity contribution in [2.24, 2.45) is 0 Å². The molecule has 1 aliphatic carbocycles. The second-order valence-electron chi connectivity index (χ2n) is 8.50. The zero-order valence-corrected chi connectivity index (χ0v) is 18.1. The van der Waals surface area contributed by atoms with Crippen molar-refractivity contribution in [2.45, 2.75) is 56.7 Å². The van der Waals surface area contributed by atoms with E-state index in [1.54, 1.807) is 6.20 Å². The minimum absolute atomic E-state index is 0.0355. The second kappa shape index (κ2) is 8.85. The maximum Gasteiger partial charge on any atom is 0.237 e.